The first-order valence-electron chi connectivity index (χ1n) is 7.91. The first-order valence-corrected chi connectivity index (χ1v) is 7.91. The van der Waals surface area contributed by atoms with Crippen molar-refractivity contribution in [3.8, 4) is 11.5 Å². The normalized spacial score (nSPS) is 17.0. The topological polar surface area (TPSA) is 67.9 Å². The second-order valence-electron chi connectivity index (χ2n) is 5.51. The molecule has 1 aromatic carbocycles. The van der Waals surface area contributed by atoms with Crippen LogP contribution in [0, 0.1) is 0 Å². The van der Waals surface area contributed by atoms with Crippen LogP contribution in [0.3, 0.4) is 0 Å². The molecule has 0 spiro atoms. The van der Waals surface area contributed by atoms with E-state index in [1.165, 1.54) is 6.92 Å². The van der Waals surface area contributed by atoms with Crippen molar-refractivity contribution < 1.29 is 19.1 Å². The third-order valence-electron chi connectivity index (χ3n) is 3.95. The standard InChI is InChI=1S/C17H24N2O4/c1-4-23-15-8-7-13(10-16(15)22-3)11-18-17(21)14-6-5-9-19(14)12(2)20/h7-8,10,14H,4-6,9,11H2,1-3H3,(H,18,21). The van der Waals surface area contributed by atoms with Crippen LogP contribution in [0.4, 0.5) is 0 Å². The van der Waals surface area contributed by atoms with E-state index in [0.717, 1.165) is 18.4 Å². The SMILES string of the molecule is CCOc1ccc(CNC(=O)C2CCCN2C(C)=O)cc1OC. The van der Waals surface area contributed by atoms with E-state index in [1.54, 1.807) is 12.0 Å². The van der Waals surface area contributed by atoms with Gasteiger partial charge < -0.3 is 19.7 Å². The minimum absolute atomic E-state index is 0.0506. The average molecular weight is 320 g/mol. The second kappa shape index (κ2) is 7.85. The maximum atomic E-state index is 12.3. The highest BCUT2D eigenvalue weighted by molar-refractivity contribution is 5.87. The van der Waals surface area contributed by atoms with Crippen LogP contribution in [0.2, 0.25) is 0 Å². The summed E-state index contributed by atoms with van der Waals surface area (Å²) in [5, 5.41) is 2.90. The first-order chi connectivity index (χ1) is 11.1. The minimum Gasteiger partial charge on any atom is -0.493 e. The van der Waals surface area contributed by atoms with E-state index in [2.05, 4.69) is 5.32 Å². The van der Waals surface area contributed by atoms with Gasteiger partial charge in [0.2, 0.25) is 11.8 Å². The van der Waals surface area contributed by atoms with E-state index >= 15 is 0 Å². The van der Waals surface area contributed by atoms with E-state index in [-0.39, 0.29) is 17.9 Å². The summed E-state index contributed by atoms with van der Waals surface area (Å²) in [6, 6.07) is 5.23. The van der Waals surface area contributed by atoms with Gasteiger partial charge in [-0.05, 0) is 37.5 Å². The van der Waals surface area contributed by atoms with Crippen molar-refractivity contribution in [2.45, 2.75) is 39.3 Å². The summed E-state index contributed by atoms with van der Waals surface area (Å²) >= 11 is 0. The molecule has 2 rings (SSSR count). The van der Waals surface area contributed by atoms with Crippen LogP contribution in [0.25, 0.3) is 0 Å². The van der Waals surface area contributed by atoms with Gasteiger partial charge in [-0.3, -0.25) is 9.59 Å². The first kappa shape index (κ1) is 17.1. The smallest absolute Gasteiger partial charge is 0.243 e. The van der Waals surface area contributed by atoms with Gasteiger partial charge in [0.25, 0.3) is 0 Å². The quantitative estimate of drug-likeness (QED) is 0.866. The molecule has 6 heteroatoms. The molecule has 2 amide bonds. The van der Waals surface area contributed by atoms with E-state index in [9.17, 15) is 9.59 Å². The van der Waals surface area contributed by atoms with Crippen LogP contribution in [0.5, 0.6) is 11.5 Å². The minimum atomic E-state index is -0.350. The molecule has 0 radical (unpaired) electrons. The number of hydrogen-bond donors (Lipinski definition) is 1. The van der Waals surface area contributed by atoms with Crippen molar-refractivity contribution in [3.63, 3.8) is 0 Å². The van der Waals surface area contributed by atoms with Crippen molar-refractivity contribution in [2.24, 2.45) is 0 Å². The average Bonchev–Trinajstić information content (AvgIpc) is 3.03. The zero-order chi connectivity index (χ0) is 16.8. The maximum Gasteiger partial charge on any atom is 0.243 e. The van der Waals surface area contributed by atoms with Gasteiger partial charge in [0.1, 0.15) is 6.04 Å². The van der Waals surface area contributed by atoms with Gasteiger partial charge in [0, 0.05) is 20.0 Å². The van der Waals surface area contributed by atoms with Crippen molar-refractivity contribution in [1.82, 2.24) is 10.2 Å². The molecule has 6 nitrogen and oxygen atoms in total. The second-order valence-corrected chi connectivity index (χ2v) is 5.51. The van der Waals surface area contributed by atoms with Gasteiger partial charge in [-0.25, -0.2) is 0 Å². The summed E-state index contributed by atoms with van der Waals surface area (Å²) in [5.74, 6) is 1.17. The number of carbonyl (C=O) groups excluding carboxylic acids is 2. The van der Waals surface area contributed by atoms with Gasteiger partial charge in [0.15, 0.2) is 11.5 Å². The molecule has 126 valence electrons. The summed E-state index contributed by atoms with van der Waals surface area (Å²) in [6.45, 7) is 5.03. The Balaban J connectivity index is 1.97. The Labute approximate surface area is 136 Å². The van der Waals surface area contributed by atoms with Crippen molar-refractivity contribution in [1.29, 1.82) is 0 Å². The number of nitrogens with zero attached hydrogens (tertiary/aromatic N) is 1. The Bertz CT molecular complexity index is 574. The van der Waals surface area contributed by atoms with Crippen molar-refractivity contribution in [3.05, 3.63) is 23.8 Å². The Morgan fingerprint density at radius 3 is 2.78 bits per heavy atom. The molecule has 0 aliphatic carbocycles. The fourth-order valence-electron chi connectivity index (χ4n) is 2.82. The molecule has 0 aromatic heterocycles. The highest BCUT2D eigenvalue weighted by Crippen LogP contribution is 2.28. The van der Waals surface area contributed by atoms with Gasteiger partial charge >= 0.3 is 0 Å². The molecule has 1 unspecified atom stereocenters. The van der Waals surface area contributed by atoms with Crippen LogP contribution < -0.4 is 14.8 Å². The Morgan fingerprint density at radius 1 is 1.35 bits per heavy atom. The number of hydrogen-bond acceptors (Lipinski definition) is 4. The summed E-state index contributed by atoms with van der Waals surface area (Å²) in [7, 11) is 1.59. The lowest BCUT2D eigenvalue weighted by atomic mass is 10.1. The molecule has 1 N–H and O–H groups in total. The fraction of sp³-hybridized carbons (Fsp3) is 0.529. The predicted molar refractivity (Wildman–Crippen MR) is 86.4 cm³/mol. The Hall–Kier alpha value is -2.24. The highest BCUT2D eigenvalue weighted by Gasteiger charge is 2.31. The van der Waals surface area contributed by atoms with Crippen LogP contribution in [-0.2, 0) is 16.1 Å². The van der Waals surface area contributed by atoms with Crippen LogP contribution >= 0.6 is 0 Å². The third-order valence-corrected chi connectivity index (χ3v) is 3.95. The Kier molecular flexibility index (Phi) is 5.84. The maximum absolute atomic E-state index is 12.3. The molecule has 1 saturated heterocycles. The number of carbonyl (C=O) groups is 2. The molecule has 1 aromatic rings. The number of methoxy groups -OCH3 is 1. The lowest BCUT2D eigenvalue weighted by molar-refractivity contribution is -0.136. The Morgan fingerprint density at radius 2 is 2.13 bits per heavy atom. The van der Waals surface area contributed by atoms with Gasteiger partial charge in [-0.1, -0.05) is 6.07 Å². The number of likely N-dealkylation sites (tertiary alicyclic amines) is 1. The summed E-state index contributed by atoms with van der Waals surface area (Å²) in [6.07, 6.45) is 1.59. The largest absolute Gasteiger partial charge is 0.493 e. The van der Waals surface area contributed by atoms with Crippen LogP contribution in [0.1, 0.15) is 32.3 Å². The van der Waals surface area contributed by atoms with Gasteiger partial charge in [0.05, 0.1) is 13.7 Å². The molecule has 1 fully saturated rings. The van der Waals surface area contributed by atoms with Crippen LogP contribution in [0.15, 0.2) is 18.2 Å². The number of benzene rings is 1. The van der Waals surface area contributed by atoms with Crippen LogP contribution in [-0.4, -0.2) is 43.0 Å². The third kappa shape index (κ3) is 4.15. The highest BCUT2D eigenvalue weighted by atomic mass is 16.5. The predicted octanol–water partition coefficient (Wildman–Crippen LogP) is 1.72. The monoisotopic (exact) mass is 320 g/mol. The summed E-state index contributed by atoms with van der Waals surface area (Å²) in [4.78, 5) is 25.5. The number of rotatable bonds is 6. The van der Waals surface area contributed by atoms with Gasteiger partial charge in [-0.15, -0.1) is 0 Å². The zero-order valence-corrected chi connectivity index (χ0v) is 13.9. The molecule has 1 atom stereocenters. The van der Waals surface area contributed by atoms with E-state index in [1.807, 2.05) is 25.1 Å². The summed E-state index contributed by atoms with van der Waals surface area (Å²) < 4.78 is 10.8. The zero-order valence-electron chi connectivity index (χ0n) is 13.9. The number of amides is 2. The molecular weight excluding hydrogens is 296 g/mol. The van der Waals surface area contributed by atoms with Crippen molar-refractivity contribution in [2.75, 3.05) is 20.3 Å². The van der Waals surface area contributed by atoms with E-state index in [4.69, 9.17) is 9.47 Å². The number of nitrogens with one attached hydrogen (secondary N) is 1. The molecule has 0 saturated carbocycles. The molecular formula is C17H24N2O4. The molecule has 23 heavy (non-hydrogen) atoms. The van der Waals surface area contributed by atoms with E-state index < -0.39 is 0 Å². The van der Waals surface area contributed by atoms with Gasteiger partial charge in [-0.2, -0.15) is 0 Å². The van der Waals surface area contributed by atoms with E-state index in [0.29, 0.717) is 31.2 Å². The molecule has 1 aliphatic rings. The molecule has 1 heterocycles. The fourth-order valence-corrected chi connectivity index (χ4v) is 2.82. The summed E-state index contributed by atoms with van der Waals surface area (Å²) in [5.41, 5.74) is 0.922. The number of ether oxygens (including phenoxy) is 2. The molecule has 0 bridgehead atoms. The molecule has 1 aliphatic heterocycles. The lowest BCUT2D eigenvalue weighted by Gasteiger charge is -2.22. The lowest BCUT2D eigenvalue weighted by Crippen LogP contribution is -2.44. The van der Waals surface area contributed by atoms with Crippen molar-refractivity contribution >= 4 is 11.8 Å².